The van der Waals surface area contributed by atoms with E-state index in [-0.39, 0.29) is 41.1 Å². The molecule has 226 valence electrons. The van der Waals surface area contributed by atoms with Crippen molar-refractivity contribution >= 4 is 23.8 Å². The van der Waals surface area contributed by atoms with Gasteiger partial charge in [0.1, 0.15) is 24.6 Å². The molecule has 0 radical (unpaired) electrons. The van der Waals surface area contributed by atoms with Crippen molar-refractivity contribution < 1.29 is 52.4 Å². The number of carboxylic acid groups (broad SMARTS) is 1. The molecule has 0 aromatic heterocycles. The first-order valence-corrected chi connectivity index (χ1v) is 13.4. The van der Waals surface area contributed by atoms with E-state index in [0.717, 1.165) is 0 Å². The molecule has 11 nitrogen and oxygen atoms in total. The van der Waals surface area contributed by atoms with Crippen LogP contribution in [-0.2, 0) is 4.84 Å². The smallest absolute Gasteiger partial charge is 0.398 e. The number of carbonyl (C=O) groups is 4. The summed E-state index contributed by atoms with van der Waals surface area (Å²) in [6.45, 7) is -0.342. The highest BCUT2D eigenvalue weighted by molar-refractivity contribution is 6.09. The summed E-state index contributed by atoms with van der Waals surface area (Å²) >= 11 is 0. The lowest BCUT2D eigenvalue weighted by atomic mass is 10.0. The zero-order valence-electron chi connectivity index (χ0n) is 23.9. The van der Waals surface area contributed by atoms with Crippen LogP contribution in [-0.4, -0.2) is 68.9 Å². The van der Waals surface area contributed by atoms with Crippen molar-refractivity contribution in [3.63, 3.8) is 0 Å². The number of carbonyl (C=O) groups excluding carboxylic acids is 4. The van der Waals surface area contributed by atoms with Crippen molar-refractivity contribution in [1.82, 2.24) is 5.32 Å². The maximum atomic E-state index is 14.6. The van der Waals surface area contributed by atoms with Crippen LogP contribution in [0.25, 0.3) is 0 Å². The maximum absolute atomic E-state index is 14.6. The van der Waals surface area contributed by atoms with Gasteiger partial charge < -0.3 is 29.4 Å². The Balaban J connectivity index is 1.50. The molecule has 2 amide bonds. The number of methoxy groups -OCH3 is 3. The fourth-order valence-corrected chi connectivity index (χ4v) is 4.88. The average molecular weight is 595 g/mol. The van der Waals surface area contributed by atoms with Gasteiger partial charge in [0.25, 0.3) is 5.91 Å². The van der Waals surface area contributed by atoms with Gasteiger partial charge in [-0.1, -0.05) is 22.8 Å². The standard InChI is InChI=1S/C31H31FN2O9/c1-40-23-15-21(16-24(17-23)41-2)29(36)33-22-7-4-5-14-34(18-22,31(38)39)43-30(37)20-12-10-19(11-13-20)28(35)25-8-6-9-26(42-3)27(25)32/h6,8-13,15-17,22H,4-5,7,14,18H2,1-3H3,(H-,33,36,38,39). The van der Waals surface area contributed by atoms with Crippen LogP contribution < -0.4 is 24.6 Å². The number of hydrogen-bond donors (Lipinski definition) is 1. The Labute approximate surface area is 247 Å². The van der Waals surface area contributed by atoms with E-state index in [1.54, 1.807) is 6.07 Å². The van der Waals surface area contributed by atoms with E-state index in [0.29, 0.717) is 30.8 Å². The zero-order valence-corrected chi connectivity index (χ0v) is 23.9. The summed E-state index contributed by atoms with van der Waals surface area (Å²) in [7, 11) is 4.19. The highest BCUT2D eigenvalue weighted by Crippen LogP contribution is 2.26. The van der Waals surface area contributed by atoms with Gasteiger partial charge in [-0.05, 0) is 49.2 Å². The van der Waals surface area contributed by atoms with Gasteiger partial charge in [0.2, 0.25) is 0 Å². The lowest BCUT2D eigenvalue weighted by Crippen LogP contribution is -2.63. The van der Waals surface area contributed by atoms with Crippen LogP contribution in [0.3, 0.4) is 0 Å². The number of rotatable bonds is 8. The number of hydrogen-bond acceptors (Lipinski definition) is 9. The third kappa shape index (κ3) is 6.92. The van der Waals surface area contributed by atoms with Gasteiger partial charge in [0.05, 0.1) is 38.5 Å². The summed E-state index contributed by atoms with van der Waals surface area (Å²) in [4.78, 5) is 57.0. The van der Waals surface area contributed by atoms with Crippen molar-refractivity contribution in [3.05, 3.63) is 88.7 Å². The number of amides is 2. The molecule has 1 saturated heterocycles. The number of nitrogens with zero attached hydrogens (tertiary/aromatic N) is 1. The quantitative estimate of drug-likeness (QED) is 0.307. The molecular weight excluding hydrogens is 563 g/mol. The van der Waals surface area contributed by atoms with E-state index < -0.39 is 40.3 Å². The Kier molecular flexibility index (Phi) is 9.61. The number of hydroxylamine groups is 3. The predicted molar refractivity (Wildman–Crippen MR) is 148 cm³/mol. The maximum Gasteiger partial charge on any atom is 0.398 e. The topological polar surface area (TPSA) is 140 Å². The van der Waals surface area contributed by atoms with Crippen molar-refractivity contribution in [1.29, 1.82) is 0 Å². The second kappa shape index (κ2) is 13.3. The van der Waals surface area contributed by atoms with Crippen LogP contribution in [0.1, 0.15) is 55.9 Å². The second-order valence-electron chi connectivity index (χ2n) is 9.94. The molecule has 3 aromatic rings. The number of quaternary nitrogens is 1. The Morgan fingerprint density at radius 1 is 0.860 bits per heavy atom. The fourth-order valence-electron chi connectivity index (χ4n) is 4.88. The molecule has 2 unspecified atom stereocenters. The van der Waals surface area contributed by atoms with E-state index >= 15 is 0 Å². The Morgan fingerprint density at radius 3 is 2.12 bits per heavy atom. The lowest BCUT2D eigenvalue weighted by Gasteiger charge is -2.34. The van der Waals surface area contributed by atoms with Gasteiger partial charge in [-0.2, -0.15) is 0 Å². The molecular formula is C31H31FN2O9. The molecule has 1 aliphatic rings. The summed E-state index contributed by atoms with van der Waals surface area (Å²) in [6.07, 6.45) is -0.248. The SMILES string of the molecule is COc1cc(OC)cc(C(=O)NC2CCCC[N+](OC(=O)c3ccc(C(=O)c4cccc(OC)c4F)cc3)(C(=O)[O-])C2)c1. The highest BCUT2D eigenvalue weighted by Gasteiger charge is 2.41. The van der Waals surface area contributed by atoms with E-state index in [9.17, 15) is 28.7 Å². The molecule has 0 aliphatic carbocycles. The molecule has 12 heteroatoms. The van der Waals surface area contributed by atoms with Gasteiger partial charge in [-0.25, -0.2) is 9.18 Å². The van der Waals surface area contributed by atoms with Crippen LogP contribution in [0.5, 0.6) is 17.2 Å². The summed E-state index contributed by atoms with van der Waals surface area (Å²) in [5.74, 6) is -2.18. The predicted octanol–water partition coefficient (Wildman–Crippen LogP) is 3.30. The Bertz CT molecular complexity index is 1500. The first-order valence-electron chi connectivity index (χ1n) is 13.4. The molecule has 3 aromatic carbocycles. The molecule has 0 bridgehead atoms. The van der Waals surface area contributed by atoms with Crippen molar-refractivity contribution in [2.24, 2.45) is 0 Å². The molecule has 1 N–H and O–H groups in total. The van der Waals surface area contributed by atoms with E-state index in [4.69, 9.17) is 19.0 Å². The zero-order chi connectivity index (χ0) is 31.1. The summed E-state index contributed by atoms with van der Waals surface area (Å²) < 4.78 is 28.8. The first kappa shape index (κ1) is 31.0. The van der Waals surface area contributed by atoms with Crippen LogP contribution in [0.2, 0.25) is 0 Å². The van der Waals surface area contributed by atoms with Crippen LogP contribution >= 0.6 is 0 Å². The van der Waals surface area contributed by atoms with Gasteiger partial charge in [0.15, 0.2) is 17.3 Å². The van der Waals surface area contributed by atoms with Crippen molar-refractivity contribution in [2.75, 3.05) is 34.4 Å². The Morgan fingerprint density at radius 2 is 1.51 bits per heavy atom. The van der Waals surface area contributed by atoms with Crippen molar-refractivity contribution in [2.45, 2.75) is 25.3 Å². The summed E-state index contributed by atoms with van der Waals surface area (Å²) in [5, 5.41) is 15.2. The van der Waals surface area contributed by atoms with Gasteiger partial charge in [0, 0.05) is 23.6 Å². The third-order valence-electron chi connectivity index (χ3n) is 7.19. The van der Waals surface area contributed by atoms with Crippen molar-refractivity contribution in [3.8, 4) is 17.2 Å². The van der Waals surface area contributed by atoms with Crippen LogP contribution in [0.15, 0.2) is 60.7 Å². The fraction of sp³-hybridized carbons (Fsp3) is 0.290. The number of halogens is 1. The number of nitrogens with one attached hydrogen (secondary N) is 1. The number of likely N-dealkylation sites (tertiary alicyclic amines) is 1. The molecule has 1 fully saturated rings. The molecule has 1 heterocycles. The molecule has 43 heavy (non-hydrogen) atoms. The van der Waals surface area contributed by atoms with Crippen LogP contribution in [0.4, 0.5) is 9.18 Å². The minimum atomic E-state index is -1.64. The van der Waals surface area contributed by atoms with Gasteiger partial charge in [-0.15, -0.1) is 0 Å². The molecule has 1 aliphatic heterocycles. The second-order valence-corrected chi connectivity index (χ2v) is 9.94. The number of benzene rings is 3. The summed E-state index contributed by atoms with van der Waals surface area (Å²) in [5.41, 5.74) is 0.0996. The minimum Gasteiger partial charge on any atom is -0.497 e. The summed E-state index contributed by atoms with van der Waals surface area (Å²) in [6, 6.07) is 13.4. The third-order valence-corrected chi connectivity index (χ3v) is 7.19. The van der Waals surface area contributed by atoms with E-state index in [1.807, 2.05) is 0 Å². The molecule has 0 saturated carbocycles. The van der Waals surface area contributed by atoms with Crippen LogP contribution in [0, 0.1) is 5.82 Å². The molecule has 2 atom stereocenters. The van der Waals surface area contributed by atoms with Gasteiger partial charge in [-0.3, -0.25) is 14.4 Å². The normalized spacial score (nSPS) is 18.1. The largest absolute Gasteiger partial charge is 0.497 e. The molecule has 4 rings (SSSR count). The van der Waals surface area contributed by atoms with Gasteiger partial charge >= 0.3 is 12.1 Å². The van der Waals surface area contributed by atoms with E-state index in [1.165, 1.54) is 75.9 Å². The monoisotopic (exact) mass is 594 g/mol. The number of ether oxygens (including phenoxy) is 3. The average Bonchev–Trinajstić information content (AvgIpc) is 3.23. The molecule has 0 spiro atoms. The van der Waals surface area contributed by atoms with E-state index in [2.05, 4.69) is 5.32 Å². The highest BCUT2D eigenvalue weighted by atomic mass is 19.1. The Hall–Kier alpha value is -4.97. The lowest BCUT2D eigenvalue weighted by molar-refractivity contribution is -1.04. The first-order chi connectivity index (χ1) is 20.6. The number of ketones is 1. The minimum absolute atomic E-state index is 0.0327.